The minimum atomic E-state index is -3.52. The average molecular weight is 311 g/mol. The Kier molecular flexibility index (Phi) is 4.65. The fourth-order valence-electron chi connectivity index (χ4n) is 1.73. The van der Waals surface area contributed by atoms with E-state index in [1.165, 1.54) is 12.1 Å². The SMILES string of the molecule is Nc1ccc(CCNS(=O)(=O)c2cccc(Cl)c2)cc1. The smallest absolute Gasteiger partial charge is 0.240 e. The molecule has 0 aliphatic heterocycles. The van der Waals surface area contributed by atoms with Gasteiger partial charge in [-0.1, -0.05) is 29.8 Å². The monoisotopic (exact) mass is 310 g/mol. The number of rotatable bonds is 5. The summed E-state index contributed by atoms with van der Waals surface area (Å²) in [6.45, 7) is 0.318. The predicted octanol–water partition coefficient (Wildman–Crippen LogP) is 2.44. The maximum atomic E-state index is 12.0. The van der Waals surface area contributed by atoms with Gasteiger partial charge in [-0.05, 0) is 42.3 Å². The largest absolute Gasteiger partial charge is 0.399 e. The van der Waals surface area contributed by atoms with Gasteiger partial charge in [-0.25, -0.2) is 13.1 Å². The van der Waals surface area contributed by atoms with Crippen molar-refractivity contribution in [1.29, 1.82) is 0 Å². The number of hydrogen-bond acceptors (Lipinski definition) is 3. The van der Waals surface area contributed by atoms with E-state index in [-0.39, 0.29) is 4.90 Å². The lowest BCUT2D eigenvalue weighted by Crippen LogP contribution is -2.26. The molecule has 0 saturated heterocycles. The summed E-state index contributed by atoms with van der Waals surface area (Å²) in [5.74, 6) is 0. The molecule has 106 valence electrons. The minimum Gasteiger partial charge on any atom is -0.399 e. The molecule has 0 atom stereocenters. The first-order chi connectivity index (χ1) is 9.47. The zero-order valence-corrected chi connectivity index (χ0v) is 12.3. The van der Waals surface area contributed by atoms with Crippen LogP contribution in [-0.4, -0.2) is 15.0 Å². The minimum absolute atomic E-state index is 0.169. The van der Waals surface area contributed by atoms with Crippen LogP contribution in [-0.2, 0) is 16.4 Å². The normalized spacial score (nSPS) is 11.4. The van der Waals surface area contributed by atoms with Crippen molar-refractivity contribution in [3.8, 4) is 0 Å². The second kappa shape index (κ2) is 6.26. The Balaban J connectivity index is 1.98. The van der Waals surface area contributed by atoms with Crippen molar-refractivity contribution in [3.63, 3.8) is 0 Å². The van der Waals surface area contributed by atoms with E-state index in [0.717, 1.165) is 5.56 Å². The highest BCUT2D eigenvalue weighted by Crippen LogP contribution is 2.15. The highest BCUT2D eigenvalue weighted by atomic mass is 35.5. The first kappa shape index (κ1) is 14.8. The van der Waals surface area contributed by atoms with Crippen LogP contribution in [0.1, 0.15) is 5.56 Å². The van der Waals surface area contributed by atoms with Gasteiger partial charge in [-0.2, -0.15) is 0 Å². The first-order valence-corrected chi connectivity index (χ1v) is 7.93. The molecule has 0 spiro atoms. The summed E-state index contributed by atoms with van der Waals surface area (Å²) < 4.78 is 26.6. The number of nitrogen functional groups attached to an aromatic ring is 1. The summed E-state index contributed by atoms with van der Waals surface area (Å²) >= 11 is 5.79. The van der Waals surface area contributed by atoms with Crippen molar-refractivity contribution in [1.82, 2.24) is 4.72 Å². The quantitative estimate of drug-likeness (QED) is 0.833. The molecule has 0 bridgehead atoms. The van der Waals surface area contributed by atoms with Gasteiger partial charge in [0.15, 0.2) is 0 Å². The van der Waals surface area contributed by atoms with Gasteiger partial charge < -0.3 is 5.73 Å². The van der Waals surface area contributed by atoms with E-state index < -0.39 is 10.0 Å². The lowest BCUT2D eigenvalue weighted by molar-refractivity contribution is 0.581. The van der Waals surface area contributed by atoms with Crippen LogP contribution in [0, 0.1) is 0 Å². The summed E-state index contributed by atoms with van der Waals surface area (Å²) in [6, 6.07) is 13.5. The molecule has 2 rings (SSSR count). The molecule has 2 aromatic rings. The predicted molar refractivity (Wildman–Crippen MR) is 81.2 cm³/mol. The molecular weight excluding hydrogens is 296 g/mol. The molecule has 0 unspecified atom stereocenters. The molecular formula is C14H15ClN2O2S. The molecule has 4 nitrogen and oxygen atoms in total. The molecule has 0 aliphatic carbocycles. The van der Waals surface area contributed by atoms with Gasteiger partial charge in [0, 0.05) is 17.3 Å². The van der Waals surface area contributed by atoms with Crippen molar-refractivity contribution < 1.29 is 8.42 Å². The highest BCUT2D eigenvalue weighted by molar-refractivity contribution is 7.89. The van der Waals surface area contributed by atoms with Gasteiger partial charge in [0.1, 0.15) is 0 Å². The fraction of sp³-hybridized carbons (Fsp3) is 0.143. The van der Waals surface area contributed by atoms with Crippen molar-refractivity contribution in [2.45, 2.75) is 11.3 Å². The summed E-state index contributed by atoms with van der Waals surface area (Å²) in [5.41, 5.74) is 7.30. The first-order valence-electron chi connectivity index (χ1n) is 6.07. The van der Waals surface area contributed by atoms with E-state index in [4.69, 9.17) is 17.3 Å². The molecule has 0 heterocycles. The average Bonchev–Trinajstić information content (AvgIpc) is 2.41. The third-order valence-electron chi connectivity index (χ3n) is 2.79. The van der Waals surface area contributed by atoms with Crippen LogP contribution in [0.2, 0.25) is 5.02 Å². The Morgan fingerprint density at radius 1 is 1.10 bits per heavy atom. The van der Waals surface area contributed by atoms with Gasteiger partial charge in [-0.15, -0.1) is 0 Å². The summed E-state index contributed by atoms with van der Waals surface area (Å²) in [5, 5.41) is 0.395. The molecule has 0 fully saturated rings. The zero-order chi connectivity index (χ0) is 14.6. The van der Waals surface area contributed by atoms with Gasteiger partial charge in [0.2, 0.25) is 10.0 Å². The van der Waals surface area contributed by atoms with E-state index in [0.29, 0.717) is 23.7 Å². The summed E-state index contributed by atoms with van der Waals surface area (Å²) in [4.78, 5) is 0.169. The Morgan fingerprint density at radius 2 is 1.80 bits per heavy atom. The van der Waals surface area contributed by atoms with Crippen LogP contribution in [0.4, 0.5) is 5.69 Å². The van der Waals surface area contributed by atoms with E-state index in [1.54, 1.807) is 24.3 Å². The van der Waals surface area contributed by atoms with Gasteiger partial charge >= 0.3 is 0 Å². The number of hydrogen-bond donors (Lipinski definition) is 2. The second-order valence-electron chi connectivity index (χ2n) is 4.35. The molecule has 0 aliphatic rings. The Hall–Kier alpha value is -1.56. The molecule has 3 N–H and O–H groups in total. The van der Waals surface area contributed by atoms with Gasteiger partial charge in [-0.3, -0.25) is 0 Å². The number of sulfonamides is 1. The van der Waals surface area contributed by atoms with Crippen LogP contribution in [0.25, 0.3) is 0 Å². The third-order valence-corrected chi connectivity index (χ3v) is 4.49. The molecule has 0 radical (unpaired) electrons. The molecule has 0 amide bonds. The summed E-state index contributed by atoms with van der Waals surface area (Å²) in [6.07, 6.45) is 0.597. The molecule has 2 aromatic carbocycles. The van der Waals surface area contributed by atoms with Gasteiger partial charge in [0.05, 0.1) is 4.90 Å². The Labute approximate surface area is 123 Å². The van der Waals surface area contributed by atoms with Crippen molar-refractivity contribution >= 4 is 27.3 Å². The molecule has 6 heteroatoms. The number of benzene rings is 2. The van der Waals surface area contributed by atoms with E-state index in [1.807, 2.05) is 12.1 Å². The van der Waals surface area contributed by atoms with E-state index in [2.05, 4.69) is 4.72 Å². The number of nitrogens with one attached hydrogen (secondary N) is 1. The van der Waals surface area contributed by atoms with Crippen LogP contribution in [0.5, 0.6) is 0 Å². The van der Waals surface area contributed by atoms with E-state index >= 15 is 0 Å². The van der Waals surface area contributed by atoms with E-state index in [9.17, 15) is 8.42 Å². The van der Waals surface area contributed by atoms with Crippen LogP contribution in [0.15, 0.2) is 53.4 Å². The number of halogens is 1. The van der Waals surface area contributed by atoms with Crippen molar-refractivity contribution in [2.24, 2.45) is 0 Å². The zero-order valence-electron chi connectivity index (χ0n) is 10.7. The number of anilines is 1. The van der Waals surface area contributed by atoms with Crippen LogP contribution >= 0.6 is 11.6 Å². The fourth-order valence-corrected chi connectivity index (χ4v) is 3.06. The van der Waals surface area contributed by atoms with Crippen molar-refractivity contribution in [3.05, 3.63) is 59.1 Å². The van der Waals surface area contributed by atoms with Crippen LogP contribution < -0.4 is 10.5 Å². The molecule has 0 aromatic heterocycles. The lowest BCUT2D eigenvalue weighted by atomic mass is 10.1. The molecule has 0 saturated carbocycles. The topological polar surface area (TPSA) is 72.2 Å². The van der Waals surface area contributed by atoms with Gasteiger partial charge in [0.25, 0.3) is 0 Å². The molecule has 20 heavy (non-hydrogen) atoms. The Morgan fingerprint density at radius 3 is 2.45 bits per heavy atom. The third kappa shape index (κ3) is 3.96. The van der Waals surface area contributed by atoms with Crippen molar-refractivity contribution in [2.75, 3.05) is 12.3 Å². The Bertz CT molecular complexity index is 685. The van der Waals surface area contributed by atoms with Crippen LogP contribution in [0.3, 0.4) is 0 Å². The highest BCUT2D eigenvalue weighted by Gasteiger charge is 2.13. The maximum absolute atomic E-state index is 12.0. The lowest BCUT2D eigenvalue weighted by Gasteiger charge is -2.07. The summed E-state index contributed by atoms with van der Waals surface area (Å²) in [7, 11) is -3.52. The second-order valence-corrected chi connectivity index (χ2v) is 6.55. The number of nitrogens with two attached hydrogens (primary N) is 1. The standard InChI is InChI=1S/C14H15ClN2O2S/c15-12-2-1-3-14(10-12)20(18,19)17-9-8-11-4-6-13(16)7-5-11/h1-7,10,17H,8-9,16H2. The maximum Gasteiger partial charge on any atom is 0.240 e.